The maximum absolute atomic E-state index is 14.5. The van der Waals surface area contributed by atoms with Crippen LogP contribution in [0, 0.1) is 11.3 Å². The maximum atomic E-state index is 14.5. The number of halogens is 2. The molecule has 0 spiro atoms. The number of piperidine rings is 1. The Balaban J connectivity index is 2.25. The quantitative estimate of drug-likeness (QED) is 0.806. The van der Waals surface area contributed by atoms with Gasteiger partial charge in [0.05, 0.1) is 0 Å². The van der Waals surface area contributed by atoms with Gasteiger partial charge in [-0.25, -0.2) is 13.6 Å². The number of hydrogen-bond donors (Lipinski definition) is 1. The van der Waals surface area contributed by atoms with Crippen LogP contribution >= 0.6 is 0 Å². The molecule has 7 heteroatoms. The monoisotopic (exact) mass is 304 g/mol. The fraction of sp³-hybridized carbons (Fsp3) is 0.857. The van der Waals surface area contributed by atoms with E-state index in [4.69, 9.17) is 4.74 Å². The molecule has 2 bridgehead atoms. The molecule has 2 unspecified atom stereocenters. The maximum Gasteiger partial charge on any atom is 0.410 e. The van der Waals surface area contributed by atoms with E-state index in [1.807, 2.05) is 0 Å². The van der Waals surface area contributed by atoms with E-state index in [0.717, 1.165) is 0 Å². The predicted octanol–water partition coefficient (Wildman–Crippen LogP) is 2.01. The summed E-state index contributed by atoms with van der Waals surface area (Å²) in [5.41, 5.74) is -2.53. The second-order valence-corrected chi connectivity index (χ2v) is 6.88. The molecular formula is C14H22F2N2O3. The highest BCUT2D eigenvalue weighted by atomic mass is 19.3. The topological polar surface area (TPSA) is 58.6 Å². The number of nitrogens with zero attached hydrogens (tertiary/aromatic N) is 1. The molecule has 1 saturated heterocycles. The van der Waals surface area contributed by atoms with Gasteiger partial charge in [-0.2, -0.15) is 0 Å². The summed E-state index contributed by atoms with van der Waals surface area (Å²) in [6.45, 7) is 4.78. The van der Waals surface area contributed by atoms with E-state index in [2.05, 4.69) is 5.32 Å². The van der Waals surface area contributed by atoms with Gasteiger partial charge in [0.1, 0.15) is 11.0 Å². The molecule has 2 aliphatic rings. The molecule has 2 rings (SSSR count). The highest BCUT2D eigenvalue weighted by molar-refractivity contribution is 5.85. The third kappa shape index (κ3) is 2.46. The minimum absolute atomic E-state index is 0.0688. The van der Waals surface area contributed by atoms with E-state index in [0.29, 0.717) is 0 Å². The van der Waals surface area contributed by atoms with E-state index in [1.165, 1.54) is 11.9 Å². The molecule has 2 atom stereocenters. The summed E-state index contributed by atoms with van der Waals surface area (Å²) in [7, 11) is 1.34. The van der Waals surface area contributed by atoms with Crippen LogP contribution in [-0.4, -0.2) is 48.6 Å². The van der Waals surface area contributed by atoms with Gasteiger partial charge >= 0.3 is 6.09 Å². The van der Waals surface area contributed by atoms with E-state index in [9.17, 15) is 18.4 Å². The van der Waals surface area contributed by atoms with Crippen LogP contribution in [0.4, 0.5) is 13.6 Å². The number of ether oxygens (including phenoxy) is 1. The molecule has 5 nitrogen and oxygen atoms in total. The predicted molar refractivity (Wildman–Crippen MR) is 72.0 cm³/mol. The summed E-state index contributed by atoms with van der Waals surface area (Å²) < 4.78 is 34.2. The minimum Gasteiger partial charge on any atom is -0.444 e. The summed E-state index contributed by atoms with van der Waals surface area (Å²) in [5.74, 6) is -4.79. The number of rotatable bonds is 1. The summed E-state index contributed by atoms with van der Waals surface area (Å²) >= 11 is 0. The average molecular weight is 304 g/mol. The van der Waals surface area contributed by atoms with Crippen molar-refractivity contribution in [1.29, 1.82) is 0 Å². The van der Waals surface area contributed by atoms with Crippen molar-refractivity contribution in [3.63, 3.8) is 0 Å². The smallest absolute Gasteiger partial charge is 0.410 e. The molecule has 0 aromatic heterocycles. The van der Waals surface area contributed by atoms with Gasteiger partial charge in [-0.15, -0.1) is 0 Å². The Labute approximate surface area is 123 Å². The SMILES string of the molecule is CNC(=O)C12CCC(CN(C(=O)OC(C)(C)C)C1)C2(F)F. The first-order chi connectivity index (χ1) is 9.53. The number of fused-ring (bicyclic) bond motifs is 2. The van der Waals surface area contributed by atoms with Crippen molar-refractivity contribution >= 4 is 12.0 Å². The van der Waals surface area contributed by atoms with Gasteiger partial charge in [0.2, 0.25) is 5.91 Å². The van der Waals surface area contributed by atoms with Crippen LogP contribution < -0.4 is 5.32 Å². The molecule has 0 aromatic rings. The van der Waals surface area contributed by atoms with Crippen LogP contribution in [-0.2, 0) is 9.53 Å². The molecule has 1 aliphatic heterocycles. The summed E-state index contributed by atoms with van der Waals surface area (Å²) in [4.78, 5) is 25.4. The van der Waals surface area contributed by atoms with Crippen molar-refractivity contribution in [2.24, 2.45) is 11.3 Å². The fourth-order valence-corrected chi connectivity index (χ4v) is 3.25. The Bertz CT molecular complexity index is 462. The Morgan fingerprint density at radius 2 is 1.95 bits per heavy atom. The number of alkyl halides is 2. The molecule has 0 radical (unpaired) electrons. The van der Waals surface area contributed by atoms with E-state index >= 15 is 0 Å². The molecule has 1 N–H and O–H groups in total. The van der Waals surface area contributed by atoms with Gasteiger partial charge in [-0.05, 0) is 33.6 Å². The Morgan fingerprint density at radius 1 is 1.33 bits per heavy atom. The van der Waals surface area contributed by atoms with Gasteiger partial charge in [-0.1, -0.05) is 0 Å². The van der Waals surface area contributed by atoms with Crippen LogP contribution in [0.1, 0.15) is 33.6 Å². The second kappa shape index (κ2) is 4.81. The lowest BCUT2D eigenvalue weighted by Crippen LogP contribution is -2.63. The lowest BCUT2D eigenvalue weighted by molar-refractivity contribution is -0.180. The largest absolute Gasteiger partial charge is 0.444 e. The van der Waals surface area contributed by atoms with Crippen LogP contribution in [0.25, 0.3) is 0 Å². The Hall–Kier alpha value is -1.40. The van der Waals surface area contributed by atoms with Gasteiger partial charge in [0.15, 0.2) is 0 Å². The highest BCUT2D eigenvalue weighted by Gasteiger charge is 2.70. The summed E-state index contributed by atoms with van der Waals surface area (Å²) in [6, 6.07) is 0. The molecular weight excluding hydrogens is 282 g/mol. The van der Waals surface area contributed by atoms with Gasteiger partial charge < -0.3 is 15.0 Å². The third-order valence-electron chi connectivity index (χ3n) is 4.29. The van der Waals surface area contributed by atoms with Crippen molar-refractivity contribution in [3.05, 3.63) is 0 Å². The number of hydrogen-bond acceptors (Lipinski definition) is 3. The number of amides is 2. The van der Waals surface area contributed by atoms with Crippen LogP contribution in [0.5, 0.6) is 0 Å². The zero-order chi connectivity index (χ0) is 16.1. The number of likely N-dealkylation sites (tertiary alicyclic amines) is 1. The Kier molecular flexibility index (Phi) is 3.66. The third-order valence-corrected chi connectivity index (χ3v) is 4.29. The Morgan fingerprint density at radius 3 is 2.48 bits per heavy atom. The van der Waals surface area contributed by atoms with Crippen molar-refractivity contribution in [2.45, 2.75) is 45.1 Å². The standard InChI is InChI=1S/C14H22F2N2O3/c1-12(2,3)21-11(20)18-7-9-5-6-13(8-18,10(19)17-4)14(9,15)16/h9H,5-8H2,1-4H3,(H,17,19). The summed E-state index contributed by atoms with van der Waals surface area (Å²) in [6.07, 6.45) is -0.318. The molecule has 2 amide bonds. The fourth-order valence-electron chi connectivity index (χ4n) is 3.25. The summed E-state index contributed by atoms with van der Waals surface area (Å²) in [5, 5.41) is 2.32. The van der Waals surface area contributed by atoms with E-state index in [1.54, 1.807) is 20.8 Å². The lowest BCUT2D eigenvalue weighted by Gasteiger charge is -2.44. The van der Waals surface area contributed by atoms with Crippen molar-refractivity contribution < 1.29 is 23.1 Å². The first kappa shape index (κ1) is 16.0. The second-order valence-electron chi connectivity index (χ2n) is 6.88. The van der Waals surface area contributed by atoms with Crippen LogP contribution in [0.3, 0.4) is 0 Å². The number of carbonyl (C=O) groups excluding carboxylic acids is 2. The first-order valence-corrected chi connectivity index (χ1v) is 7.11. The molecule has 1 heterocycles. The van der Waals surface area contributed by atoms with Crippen molar-refractivity contribution in [3.8, 4) is 0 Å². The van der Waals surface area contributed by atoms with Crippen LogP contribution in [0.2, 0.25) is 0 Å². The number of carbonyl (C=O) groups is 2. The zero-order valence-corrected chi connectivity index (χ0v) is 12.8. The first-order valence-electron chi connectivity index (χ1n) is 7.11. The number of nitrogens with one attached hydrogen (secondary N) is 1. The van der Waals surface area contributed by atoms with Crippen molar-refractivity contribution in [1.82, 2.24) is 10.2 Å². The highest BCUT2D eigenvalue weighted by Crippen LogP contribution is 2.57. The molecule has 2 fully saturated rings. The zero-order valence-electron chi connectivity index (χ0n) is 12.8. The van der Waals surface area contributed by atoms with Gasteiger partial charge in [0, 0.05) is 26.1 Å². The molecule has 120 valence electrons. The molecule has 1 aliphatic carbocycles. The molecule has 0 aromatic carbocycles. The van der Waals surface area contributed by atoms with Crippen LogP contribution in [0.15, 0.2) is 0 Å². The normalized spacial score (nSPS) is 31.0. The van der Waals surface area contributed by atoms with Gasteiger partial charge in [-0.3, -0.25) is 4.79 Å². The van der Waals surface area contributed by atoms with Gasteiger partial charge in [0.25, 0.3) is 5.92 Å². The average Bonchev–Trinajstić information content (AvgIpc) is 2.54. The lowest BCUT2D eigenvalue weighted by atomic mass is 9.77. The molecule has 21 heavy (non-hydrogen) atoms. The minimum atomic E-state index is -3.09. The molecule has 1 saturated carbocycles. The van der Waals surface area contributed by atoms with E-state index in [-0.39, 0.29) is 25.9 Å². The van der Waals surface area contributed by atoms with Crippen molar-refractivity contribution in [2.75, 3.05) is 20.1 Å². The van der Waals surface area contributed by atoms with E-state index < -0.39 is 34.9 Å².